The topological polar surface area (TPSA) is 51.1 Å². The average molecular weight is 580 g/mol. The van der Waals surface area contributed by atoms with Crippen molar-refractivity contribution in [2.75, 3.05) is 18.1 Å². The summed E-state index contributed by atoms with van der Waals surface area (Å²) in [6, 6.07) is 16.2. The molecule has 0 saturated carbocycles. The van der Waals surface area contributed by atoms with Crippen LogP contribution in [0, 0.1) is 27.7 Å². The first-order valence-corrected chi connectivity index (χ1v) is 13.9. The molecule has 0 N–H and O–H groups in total. The van der Waals surface area contributed by atoms with Crippen LogP contribution < -0.4 is 14.4 Å². The van der Waals surface area contributed by atoms with Gasteiger partial charge in [-0.1, -0.05) is 12.1 Å². The summed E-state index contributed by atoms with van der Waals surface area (Å²) < 4.78 is 12.4. The third-order valence-electron chi connectivity index (χ3n) is 5.62. The monoisotopic (exact) mass is 578 g/mol. The van der Waals surface area contributed by atoms with Gasteiger partial charge in [0.05, 0.1) is 34.0 Å². The van der Waals surface area contributed by atoms with E-state index in [1.54, 1.807) is 4.90 Å². The molecule has 0 atom stereocenters. The number of amidine groups is 1. The second-order valence-corrected chi connectivity index (χ2v) is 10.9. The van der Waals surface area contributed by atoms with Gasteiger partial charge in [0.2, 0.25) is 0 Å². The number of halogens is 1. The normalized spacial score (nSPS) is 15.6. The fourth-order valence-electron chi connectivity index (χ4n) is 4.35. The zero-order valence-corrected chi connectivity index (χ0v) is 24.4. The molecule has 0 aromatic heterocycles. The maximum absolute atomic E-state index is 13.8. The van der Waals surface area contributed by atoms with Gasteiger partial charge in [-0.15, -0.1) is 0 Å². The van der Waals surface area contributed by atoms with Crippen molar-refractivity contribution in [3.8, 4) is 11.5 Å². The molecule has 5 nitrogen and oxygen atoms in total. The highest BCUT2D eigenvalue weighted by molar-refractivity contribution is 9.10. The lowest BCUT2D eigenvalue weighted by Gasteiger charge is -2.17. The van der Waals surface area contributed by atoms with E-state index in [2.05, 4.69) is 41.9 Å². The molecule has 3 aromatic carbocycles. The summed E-state index contributed by atoms with van der Waals surface area (Å²) in [4.78, 5) is 21.0. The molecule has 0 unspecified atom stereocenters. The minimum Gasteiger partial charge on any atom is -0.490 e. The van der Waals surface area contributed by atoms with Crippen LogP contribution in [0.2, 0.25) is 0 Å². The molecule has 1 saturated heterocycles. The van der Waals surface area contributed by atoms with Gasteiger partial charge in [0.15, 0.2) is 16.7 Å². The van der Waals surface area contributed by atoms with Crippen LogP contribution in [0.1, 0.15) is 41.7 Å². The second kappa shape index (κ2) is 11.6. The molecule has 0 radical (unpaired) electrons. The number of hydrogen-bond acceptors (Lipinski definition) is 5. The predicted octanol–water partition coefficient (Wildman–Crippen LogP) is 8.29. The smallest absolute Gasteiger partial charge is 0.271 e. The van der Waals surface area contributed by atoms with Gasteiger partial charge in [-0.3, -0.25) is 9.69 Å². The first kappa shape index (κ1) is 27.0. The molecule has 0 bridgehead atoms. The van der Waals surface area contributed by atoms with Gasteiger partial charge >= 0.3 is 0 Å². The SMILES string of the molecule is CCOc1cc(C=C2SC(=Nc3cc(C)cc(C)c3)N(c3cc(C)cc(C)c3)C2=O)cc(Br)c1OCC. The van der Waals surface area contributed by atoms with Crippen LogP contribution in [0.25, 0.3) is 6.08 Å². The molecule has 1 fully saturated rings. The lowest BCUT2D eigenvalue weighted by atomic mass is 10.1. The van der Waals surface area contributed by atoms with Crippen LogP contribution in [0.3, 0.4) is 0 Å². The van der Waals surface area contributed by atoms with Crippen molar-refractivity contribution in [1.82, 2.24) is 0 Å². The number of aryl methyl sites for hydroxylation is 4. The van der Waals surface area contributed by atoms with E-state index < -0.39 is 0 Å². The van der Waals surface area contributed by atoms with Gasteiger partial charge in [0.1, 0.15) is 0 Å². The summed E-state index contributed by atoms with van der Waals surface area (Å²) in [6.07, 6.45) is 1.88. The lowest BCUT2D eigenvalue weighted by Crippen LogP contribution is -2.28. The number of hydrogen-bond donors (Lipinski definition) is 0. The van der Waals surface area contributed by atoms with Crippen LogP contribution in [-0.4, -0.2) is 24.3 Å². The highest BCUT2D eigenvalue weighted by atomic mass is 79.9. The molecular formula is C30H31BrN2O3S. The number of nitrogens with zero attached hydrogens (tertiary/aromatic N) is 2. The Morgan fingerprint density at radius 3 is 2.05 bits per heavy atom. The molecule has 1 aliphatic rings. The fourth-order valence-corrected chi connectivity index (χ4v) is 5.93. The molecule has 7 heteroatoms. The van der Waals surface area contributed by atoms with E-state index >= 15 is 0 Å². The molecule has 4 rings (SSSR count). The van der Waals surface area contributed by atoms with Crippen molar-refractivity contribution >= 4 is 56.2 Å². The Balaban J connectivity index is 1.82. The summed E-state index contributed by atoms with van der Waals surface area (Å²) in [5.41, 5.74) is 6.91. The Morgan fingerprint density at radius 1 is 0.865 bits per heavy atom. The lowest BCUT2D eigenvalue weighted by molar-refractivity contribution is -0.113. The van der Waals surface area contributed by atoms with Gasteiger partial charge in [-0.2, -0.15) is 0 Å². The van der Waals surface area contributed by atoms with Crippen LogP contribution in [0.15, 0.2) is 62.9 Å². The Morgan fingerprint density at radius 2 is 1.46 bits per heavy atom. The number of carbonyl (C=O) groups excluding carboxylic acids is 1. The predicted molar refractivity (Wildman–Crippen MR) is 158 cm³/mol. The van der Waals surface area contributed by atoms with Crippen molar-refractivity contribution < 1.29 is 14.3 Å². The first-order valence-electron chi connectivity index (χ1n) is 12.3. The molecule has 3 aromatic rings. The number of rotatable bonds is 7. The van der Waals surface area contributed by atoms with Crippen molar-refractivity contribution in [2.24, 2.45) is 4.99 Å². The molecular weight excluding hydrogens is 548 g/mol. The zero-order valence-electron chi connectivity index (χ0n) is 22.0. The maximum atomic E-state index is 13.8. The maximum Gasteiger partial charge on any atom is 0.271 e. The molecule has 37 heavy (non-hydrogen) atoms. The van der Waals surface area contributed by atoms with Crippen LogP contribution in [0.4, 0.5) is 11.4 Å². The molecule has 1 aliphatic heterocycles. The number of thioether (sulfide) groups is 1. The summed E-state index contributed by atoms with van der Waals surface area (Å²) in [6.45, 7) is 13.1. The number of ether oxygens (including phenoxy) is 2. The van der Waals surface area contributed by atoms with Gasteiger partial charge in [-0.05, 0) is 140 Å². The zero-order chi connectivity index (χ0) is 26.7. The Labute approximate surface area is 231 Å². The number of amides is 1. The largest absolute Gasteiger partial charge is 0.490 e. The number of aliphatic imine (C=N–C) groups is 1. The van der Waals surface area contributed by atoms with E-state index in [-0.39, 0.29) is 5.91 Å². The van der Waals surface area contributed by atoms with Crippen molar-refractivity contribution in [1.29, 1.82) is 0 Å². The highest BCUT2D eigenvalue weighted by Gasteiger charge is 2.35. The highest BCUT2D eigenvalue weighted by Crippen LogP contribution is 2.41. The summed E-state index contributed by atoms with van der Waals surface area (Å²) in [5.74, 6) is 1.18. The standard InChI is InChI=1S/C30H31BrN2O3S/c1-7-35-26-16-22(15-25(31)28(26)36-8-2)17-27-29(34)33(24-13-20(5)10-21(6)14-24)30(37-27)32-23-11-18(3)9-19(4)12-23/h9-17H,7-8H2,1-6H3. The Bertz CT molecular complexity index is 1370. The Kier molecular flexibility index (Phi) is 8.45. The van der Waals surface area contributed by atoms with E-state index in [9.17, 15) is 4.79 Å². The summed E-state index contributed by atoms with van der Waals surface area (Å²) in [5, 5.41) is 0.626. The van der Waals surface area contributed by atoms with Crippen molar-refractivity contribution in [3.05, 3.63) is 85.7 Å². The van der Waals surface area contributed by atoms with E-state index in [0.29, 0.717) is 34.8 Å². The van der Waals surface area contributed by atoms with Crippen LogP contribution in [0.5, 0.6) is 11.5 Å². The fraction of sp³-hybridized carbons (Fsp3) is 0.267. The van der Waals surface area contributed by atoms with E-state index in [4.69, 9.17) is 14.5 Å². The molecule has 192 valence electrons. The van der Waals surface area contributed by atoms with E-state index in [0.717, 1.165) is 43.7 Å². The molecule has 1 heterocycles. The van der Waals surface area contributed by atoms with E-state index in [1.165, 1.54) is 11.8 Å². The number of benzene rings is 3. The molecule has 0 spiro atoms. The van der Waals surface area contributed by atoms with Gasteiger partial charge < -0.3 is 9.47 Å². The Hall–Kier alpha value is -3.03. The minimum absolute atomic E-state index is 0.110. The number of carbonyl (C=O) groups is 1. The van der Waals surface area contributed by atoms with Crippen molar-refractivity contribution in [2.45, 2.75) is 41.5 Å². The molecule has 1 amide bonds. The third-order valence-corrected chi connectivity index (χ3v) is 7.18. The van der Waals surface area contributed by atoms with Gasteiger partial charge in [0.25, 0.3) is 5.91 Å². The van der Waals surface area contributed by atoms with Gasteiger partial charge in [-0.25, -0.2) is 4.99 Å². The summed E-state index contributed by atoms with van der Waals surface area (Å²) in [7, 11) is 0. The van der Waals surface area contributed by atoms with Crippen LogP contribution >= 0.6 is 27.7 Å². The van der Waals surface area contributed by atoms with Crippen LogP contribution in [-0.2, 0) is 4.79 Å². The molecule has 0 aliphatic carbocycles. The van der Waals surface area contributed by atoms with Gasteiger partial charge in [0, 0.05) is 0 Å². The second-order valence-electron chi connectivity index (χ2n) is 9.03. The van der Waals surface area contributed by atoms with Crippen molar-refractivity contribution in [3.63, 3.8) is 0 Å². The number of anilines is 1. The minimum atomic E-state index is -0.110. The summed E-state index contributed by atoms with van der Waals surface area (Å²) >= 11 is 4.98. The third kappa shape index (κ3) is 6.28. The first-order chi connectivity index (χ1) is 17.7. The quantitative estimate of drug-likeness (QED) is 0.264. The average Bonchev–Trinajstić information content (AvgIpc) is 3.09. The van der Waals surface area contributed by atoms with E-state index in [1.807, 2.05) is 70.2 Å².